The van der Waals surface area contributed by atoms with Crippen molar-refractivity contribution in [3.8, 4) is 0 Å². The lowest BCUT2D eigenvalue weighted by molar-refractivity contribution is -0.384. The summed E-state index contributed by atoms with van der Waals surface area (Å²) in [6, 6.07) is 5.52. The number of carbonyl (C=O) groups is 2. The van der Waals surface area contributed by atoms with E-state index in [2.05, 4.69) is 0 Å². The molecule has 118 valence electrons. The number of rotatable bonds is 4. The zero-order valence-electron chi connectivity index (χ0n) is 12.5. The lowest BCUT2D eigenvalue weighted by atomic mass is 9.93. The first-order valence-corrected chi connectivity index (χ1v) is 7.14. The van der Waals surface area contributed by atoms with E-state index in [0.717, 1.165) is 0 Å². The molecular weight excluding hydrogens is 288 g/mol. The Kier molecular flexibility index (Phi) is 4.75. The van der Waals surface area contributed by atoms with Gasteiger partial charge in [0.1, 0.15) is 0 Å². The second-order valence-electron chi connectivity index (χ2n) is 5.15. The molecule has 0 N–H and O–H groups in total. The molecule has 0 spiro atoms. The van der Waals surface area contributed by atoms with Crippen LogP contribution in [0.5, 0.6) is 0 Å². The van der Waals surface area contributed by atoms with E-state index < -0.39 is 16.9 Å². The number of nitrogens with zero attached hydrogens (tertiary/aromatic N) is 2. The van der Waals surface area contributed by atoms with E-state index >= 15 is 0 Å². The number of ether oxygens (including phenoxy) is 1. The van der Waals surface area contributed by atoms with Gasteiger partial charge in [-0.2, -0.15) is 0 Å². The van der Waals surface area contributed by atoms with Crippen LogP contribution in [0.15, 0.2) is 24.3 Å². The summed E-state index contributed by atoms with van der Waals surface area (Å²) >= 11 is 0. The molecule has 1 heterocycles. The SMILES string of the molecule is CCOC(=O)C1CCN(C(C)=O)C1c1ccc([N+](=O)[O-])cc1. The molecule has 1 saturated heterocycles. The smallest absolute Gasteiger partial charge is 0.311 e. The van der Waals surface area contributed by atoms with Crippen LogP contribution in [0.25, 0.3) is 0 Å². The van der Waals surface area contributed by atoms with E-state index in [1.807, 2.05) is 0 Å². The van der Waals surface area contributed by atoms with Crippen molar-refractivity contribution in [2.75, 3.05) is 13.2 Å². The van der Waals surface area contributed by atoms with Crippen LogP contribution >= 0.6 is 0 Å². The number of non-ortho nitro benzene ring substituents is 1. The molecule has 0 radical (unpaired) electrons. The summed E-state index contributed by atoms with van der Waals surface area (Å²) in [5, 5.41) is 10.7. The number of likely N-dealkylation sites (tertiary alicyclic amines) is 1. The fraction of sp³-hybridized carbons (Fsp3) is 0.467. The number of nitro groups is 1. The van der Waals surface area contributed by atoms with E-state index in [4.69, 9.17) is 4.74 Å². The minimum absolute atomic E-state index is 0.0243. The highest BCUT2D eigenvalue weighted by atomic mass is 16.6. The summed E-state index contributed by atoms with van der Waals surface area (Å²) in [6.45, 7) is 3.94. The van der Waals surface area contributed by atoms with Crippen molar-refractivity contribution in [1.29, 1.82) is 0 Å². The standard InChI is InChI=1S/C15H18N2O5/c1-3-22-15(19)13-8-9-16(10(2)18)14(13)11-4-6-12(7-5-11)17(20)21/h4-7,13-14H,3,8-9H2,1-2H3. The molecule has 1 amide bonds. The molecule has 22 heavy (non-hydrogen) atoms. The van der Waals surface area contributed by atoms with Gasteiger partial charge in [-0.3, -0.25) is 19.7 Å². The Morgan fingerprint density at radius 1 is 1.36 bits per heavy atom. The second kappa shape index (κ2) is 6.55. The molecule has 2 rings (SSSR count). The minimum atomic E-state index is -0.482. The van der Waals surface area contributed by atoms with Crippen molar-refractivity contribution in [2.24, 2.45) is 5.92 Å². The Bertz CT molecular complexity index is 584. The van der Waals surface area contributed by atoms with Gasteiger partial charge >= 0.3 is 5.97 Å². The molecular formula is C15H18N2O5. The van der Waals surface area contributed by atoms with Crippen LogP contribution in [0, 0.1) is 16.0 Å². The lowest BCUT2D eigenvalue weighted by Gasteiger charge is -2.26. The summed E-state index contributed by atoms with van der Waals surface area (Å²) in [6.07, 6.45) is 0.528. The maximum atomic E-state index is 12.1. The van der Waals surface area contributed by atoms with Crippen molar-refractivity contribution >= 4 is 17.6 Å². The summed E-state index contributed by atoms with van der Waals surface area (Å²) in [7, 11) is 0. The largest absolute Gasteiger partial charge is 0.466 e. The van der Waals surface area contributed by atoms with Gasteiger partial charge in [0.15, 0.2) is 0 Å². The maximum absolute atomic E-state index is 12.1. The Balaban J connectivity index is 2.33. The van der Waals surface area contributed by atoms with Crippen molar-refractivity contribution in [3.05, 3.63) is 39.9 Å². The Labute approximate surface area is 128 Å². The van der Waals surface area contributed by atoms with Crippen LogP contribution in [-0.4, -0.2) is 34.9 Å². The average molecular weight is 306 g/mol. The van der Waals surface area contributed by atoms with E-state index in [0.29, 0.717) is 18.5 Å². The Hall–Kier alpha value is -2.44. The molecule has 0 bridgehead atoms. The number of esters is 1. The molecule has 7 nitrogen and oxygen atoms in total. The fourth-order valence-electron chi connectivity index (χ4n) is 2.85. The molecule has 2 atom stereocenters. The third kappa shape index (κ3) is 3.08. The van der Waals surface area contributed by atoms with Crippen LogP contribution in [-0.2, 0) is 14.3 Å². The van der Waals surface area contributed by atoms with E-state index in [1.54, 1.807) is 24.0 Å². The summed E-state index contributed by atoms with van der Waals surface area (Å²) in [4.78, 5) is 35.8. The number of hydrogen-bond acceptors (Lipinski definition) is 5. The Morgan fingerprint density at radius 2 is 2.00 bits per heavy atom. The van der Waals surface area contributed by atoms with Gasteiger partial charge in [0.25, 0.3) is 5.69 Å². The third-order valence-corrected chi connectivity index (χ3v) is 3.84. The lowest BCUT2D eigenvalue weighted by Crippen LogP contribution is -2.32. The molecule has 0 saturated carbocycles. The number of carbonyl (C=O) groups excluding carboxylic acids is 2. The molecule has 1 aromatic carbocycles. The van der Waals surface area contributed by atoms with Crippen molar-refractivity contribution < 1.29 is 19.2 Å². The van der Waals surface area contributed by atoms with Gasteiger partial charge < -0.3 is 9.64 Å². The second-order valence-corrected chi connectivity index (χ2v) is 5.15. The summed E-state index contributed by atoms with van der Waals surface area (Å²) in [5.41, 5.74) is 0.681. The molecule has 2 unspecified atom stereocenters. The van der Waals surface area contributed by atoms with Gasteiger partial charge in [0, 0.05) is 25.6 Å². The van der Waals surface area contributed by atoms with Gasteiger partial charge in [-0.15, -0.1) is 0 Å². The topological polar surface area (TPSA) is 89.8 Å². The highest BCUT2D eigenvalue weighted by Crippen LogP contribution is 2.38. The highest BCUT2D eigenvalue weighted by molar-refractivity contribution is 5.79. The maximum Gasteiger partial charge on any atom is 0.311 e. The molecule has 7 heteroatoms. The van der Waals surface area contributed by atoms with Crippen LogP contribution in [0.1, 0.15) is 31.9 Å². The predicted octanol–water partition coefficient (Wildman–Crippen LogP) is 2.07. The zero-order chi connectivity index (χ0) is 16.3. The van der Waals surface area contributed by atoms with Crippen molar-refractivity contribution in [3.63, 3.8) is 0 Å². The minimum Gasteiger partial charge on any atom is -0.466 e. The summed E-state index contributed by atoms with van der Waals surface area (Å²) in [5.74, 6) is -0.907. The van der Waals surface area contributed by atoms with Crippen LogP contribution in [0.4, 0.5) is 5.69 Å². The first-order valence-electron chi connectivity index (χ1n) is 7.14. The predicted molar refractivity (Wildman–Crippen MR) is 78.0 cm³/mol. The highest BCUT2D eigenvalue weighted by Gasteiger charge is 2.41. The zero-order valence-corrected chi connectivity index (χ0v) is 12.5. The molecule has 1 aliphatic rings. The van der Waals surface area contributed by atoms with E-state index in [1.165, 1.54) is 19.1 Å². The van der Waals surface area contributed by atoms with Gasteiger partial charge in [0.2, 0.25) is 5.91 Å². The van der Waals surface area contributed by atoms with Gasteiger partial charge in [-0.05, 0) is 18.9 Å². The van der Waals surface area contributed by atoms with E-state index in [-0.39, 0.29) is 24.2 Å². The first kappa shape index (κ1) is 15.9. The average Bonchev–Trinajstić information content (AvgIpc) is 2.92. The molecule has 0 aliphatic carbocycles. The molecule has 1 fully saturated rings. The first-order chi connectivity index (χ1) is 10.5. The number of nitro benzene ring substituents is 1. The number of hydrogen-bond donors (Lipinski definition) is 0. The fourth-order valence-corrected chi connectivity index (χ4v) is 2.85. The normalized spacial score (nSPS) is 20.7. The molecule has 1 aliphatic heterocycles. The quantitative estimate of drug-likeness (QED) is 0.482. The van der Waals surface area contributed by atoms with Crippen LogP contribution in [0.2, 0.25) is 0 Å². The number of benzene rings is 1. The summed E-state index contributed by atoms with van der Waals surface area (Å²) < 4.78 is 5.08. The van der Waals surface area contributed by atoms with Crippen molar-refractivity contribution in [1.82, 2.24) is 4.90 Å². The van der Waals surface area contributed by atoms with Crippen molar-refractivity contribution in [2.45, 2.75) is 26.3 Å². The van der Waals surface area contributed by atoms with E-state index in [9.17, 15) is 19.7 Å². The Morgan fingerprint density at radius 3 is 2.50 bits per heavy atom. The molecule has 0 aromatic heterocycles. The third-order valence-electron chi connectivity index (χ3n) is 3.84. The van der Waals surface area contributed by atoms with Crippen LogP contribution in [0.3, 0.4) is 0 Å². The van der Waals surface area contributed by atoms with Gasteiger partial charge in [-0.25, -0.2) is 0 Å². The monoisotopic (exact) mass is 306 g/mol. The molecule has 1 aromatic rings. The van der Waals surface area contributed by atoms with Gasteiger partial charge in [-0.1, -0.05) is 12.1 Å². The van der Waals surface area contributed by atoms with Gasteiger partial charge in [0.05, 0.1) is 23.5 Å². The number of amides is 1. The van der Waals surface area contributed by atoms with Crippen LogP contribution < -0.4 is 0 Å².